The Hall–Kier alpha value is 0.100. The van der Waals surface area contributed by atoms with E-state index in [1.165, 1.54) is 31.2 Å². The summed E-state index contributed by atoms with van der Waals surface area (Å²) in [5.74, 6) is 0. The highest BCUT2D eigenvalue weighted by Crippen LogP contribution is 2.44. The second kappa shape index (κ2) is 4.77. The second-order valence-corrected chi connectivity index (χ2v) is 6.46. The van der Waals surface area contributed by atoms with E-state index in [4.69, 9.17) is 5.73 Å². The Labute approximate surface area is 110 Å². The van der Waals surface area contributed by atoms with E-state index in [9.17, 15) is 0 Å². The molecule has 1 heterocycles. The number of halogens is 1. The molecule has 0 spiro atoms. The van der Waals surface area contributed by atoms with Crippen LogP contribution in [0.3, 0.4) is 0 Å². The van der Waals surface area contributed by atoms with Crippen molar-refractivity contribution in [3.8, 4) is 0 Å². The number of nitrogens with zero attached hydrogens (tertiary/aromatic N) is 1. The molecule has 1 saturated carbocycles. The molecule has 0 aliphatic heterocycles. The van der Waals surface area contributed by atoms with Crippen molar-refractivity contribution in [3.05, 3.63) is 20.8 Å². The van der Waals surface area contributed by atoms with Gasteiger partial charge < -0.3 is 10.6 Å². The Morgan fingerprint density at radius 2 is 2.00 bits per heavy atom. The van der Waals surface area contributed by atoms with Crippen LogP contribution >= 0.6 is 27.3 Å². The maximum Gasteiger partial charge on any atom is 0.0501 e. The van der Waals surface area contributed by atoms with Gasteiger partial charge in [0.05, 0.1) is 6.04 Å². The van der Waals surface area contributed by atoms with Gasteiger partial charge in [-0.3, -0.25) is 0 Å². The highest BCUT2D eigenvalue weighted by Gasteiger charge is 2.42. The molecule has 2 rings (SSSR count). The van der Waals surface area contributed by atoms with Crippen LogP contribution in [0.1, 0.15) is 37.3 Å². The first-order valence-electron chi connectivity index (χ1n) is 5.72. The van der Waals surface area contributed by atoms with E-state index in [1.807, 2.05) is 0 Å². The Bertz CT molecular complexity index is 356. The monoisotopic (exact) mass is 302 g/mol. The molecule has 2 N–H and O–H groups in total. The molecule has 1 aliphatic carbocycles. The molecule has 16 heavy (non-hydrogen) atoms. The second-order valence-electron chi connectivity index (χ2n) is 4.86. The van der Waals surface area contributed by atoms with Crippen LogP contribution in [0.2, 0.25) is 0 Å². The largest absolute Gasteiger partial charge is 0.322 e. The van der Waals surface area contributed by atoms with Crippen LogP contribution in [0.25, 0.3) is 0 Å². The van der Waals surface area contributed by atoms with E-state index < -0.39 is 0 Å². The van der Waals surface area contributed by atoms with Gasteiger partial charge in [-0.2, -0.15) is 11.3 Å². The van der Waals surface area contributed by atoms with Crippen molar-refractivity contribution in [1.29, 1.82) is 0 Å². The Kier molecular flexibility index (Phi) is 3.74. The van der Waals surface area contributed by atoms with Crippen molar-refractivity contribution in [3.63, 3.8) is 0 Å². The maximum absolute atomic E-state index is 6.52. The SMILES string of the molecule is CN(C)C1(C(N)c2cscc2Br)CCCC1. The fraction of sp³-hybridized carbons (Fsp3) is 0.667. The molecule has 1 atom stereocenters. The number of nitrogens with two attached hydrogens (primary N) is 1. The van der Waals surface area contributed by atoms with Crippen LogP contribution in [0, 0.1) is 0 Å². The summed E-state index contributed by atoms with van der Waals surface area (Å²) in [5.41, 5.74) is 7.94. The van der Waals surface area contributed by atoms with Gasteiger partial charge in [0.2, 0.25) is 0 Å². The number of hydrogen-bond donors (Lipinski definition) is 1. The van der Waals surface area contributed by atoms with Crippen molar-refractivity contribution in [1.82, 2.24) is 4.90 Å². The summed E-state index contributed by atoms with van der Waals surface area (Å²) >= 11 is 5.32. The first-order valence-corrected chi connectivity index (χ1v) is 7.46. The summed E-state index contributed by atoms with van der Waals surface area (Å²) in [6, 6.07) is 0.116. The lowest BCUT2D eigenvalue weighted by molar-refractivity contribution is 0.123. The molecular formula is C12H19BrN2S. The molecule has 90 valence electrons. The van der Waals surface area contributed by atoms with Gasteiger partial charge in [0.25, 0.3) is 0 Å². The van der Waals surface area contributed by atoms with Crippen LogP contribution < -0.4 is 5.73 Å². The van der Waals surface area contributed by atoms with Gasteiger partial charge >= 0.3 is 0 Å². The molecular weight excluding hydrogens is 284 g/mol. The molecule has 1 aromatic rings. The van der Waals surface area contributed by atoms with Gasteiger partial charge in [-0.1, -0.05) is 12.8 Å². The van der Waals surface area contributed by atoms with E-state index in [2.05, 4.69) is 45.7 Å². The van der Waals surface area contributed by atoms with Gasteiger partial charge in [-0.15, -0.1) is 0 Å². The van der Waals surface area contributed by atoms with Crippen LogP contribution in [0.5, 0.6) is 0 Å². The Morgan fingerprint density at radius 1 is 1.38 bits per heavy atom. The molecule has 1 aliphatic rings. The summed E-state index contributed by atoms with van der Waals surface area (Å²) in [6.07, 6.45) is 5.02. The molecule has 0 bridgehead atoms. The predicted octanol–water partition coefficient (Wildman–Crippen LogP) is 3.38. The minimum absolute atomic E-state index is 0.116. The van der Waals surface area contributed by atoms with Gasteiger partial charge in [0.1, 0.15) is 0 Å². The van der Waals surface area contributed by atoms with Crippen molar-refractivity contribution < 1.29 is 0 Å². The Morgan fingerprint density at radius 3 is 2.44 bits per heavy atom. The van der Waals surface area contributed by atoms with Gasteiger partial charge in [-0.25, -0.2) is 0 Å². The first-order chi connectivity index (χ1) is 7.58. The zero-order chi connectivity index (χ0) is 11.8. The summed E-state index contributed by atoms with van der Waals surface area (Å²) < 4.78 is 1.16. The molecule has 0 saturated heterocycles. The summed E-state index contributed by atoms with van der Waals surface area (Å²) in [6.45, 7) is 0. The zero-order valence-electron chi connectivity index (χ0n) is 9.87. The number of rotatable bonds is 3. The number of thiophene rings is 1. The first kappa shape index (κ1) is 12.6. The van der Waals surface area contributed by atoms with Crippen molar-refractivity contribution in [2.75, 3.05) is 14.1 Å². The quantitative estimate of drug-likeness (QED) is 0.927. The Balaban J connectivity index is 2.31. The van der Waals surface area contributed by atoms with Crippen LogP contribution in [-0.4, -0.2) is 24.5 Å². The average molecular weight is 303 g/mol. The van der Waals surface area contributed by atoms with Gasteiger partial charge in [0.15, 0.2) is 0 Å². The number of likely N-dealkylation sites (N-methyl/N-ethyl adjacent to an activating group) is 1. The molecule has 2 nitrogen and oxygen atoms in total. The van der Waals surface area contributed by atoms with E-state index in [1.54, 1.807) is 11.3 Å². The van der Waals surface area contributed by atoms with Crippen molar-refractivity contribution >= 4 is 27.3 Å². The summed E-state index contributed by atoms with van der Waals surface area (Å²) in [7, 11) is 4.32. The van der Waals surface area contributed by atoms with Gasteiger partial charge in [0, 0.05) is 15.4 Å². The topological polar surface area (TPSA) is 29.3 Å². The highest BCUT2D eigenvalue weighted by molar-refractivity contribution is 9.10. The van der Waals surface area contributed by atoms with Crippen LogP contribution in [0.4, 0.5) is 0 Å². The lowest BCUT2D eigenvalue weighted by Crippen LogP contribution is -2.50. The van der Waals surface area contributed by atoms with E-state index in [-0.39, 0.29) is 11.6 Å². The molecule has 1 fully saturated rings. The maximum atomic E-state index is 6.52. The fourth-order valence-corrected chi connectivity index (χ4v) is 4.41. The van der Waals surface area contributed by atoms with E-state index in [0.717, 1.165) is 4.47 Å². The standard InChI is InChI=1S/C12H19BrN2S/c1-15(2)12(5-3-4-6-12)11(14)9-7-16-8-10(9)13/h7-8,11H,3-6,14H2,1-2H3. The minimum Gasteiger partial charge on any atom is -0.322 e. The van der Waals surface area contributed by atoms with Crippen LogP contribution in [-0.2, 0) is 0 Å². The third kappa shape index (κ3) is 1.96. The van der Waals surface area contributed by atoms with Gasteiger partial charge in [-0.05, 0) is 53.8 Å². The molecule has 4 heteroatoms. The van der Waals surface area contributed by atoms with E-state index in [0.29, 0.717) is 0 Å². The molecule has 1 aromatic heterocycles. The lowest BCUT2D eigenvalue weighted by atomic mass is 9.84. The molecule has 0 radical (unpaired) electrons. The third-order valence-electron chi connectivity index (χ3n) is 3.92. The third-order valence-corrected chi connectivity index (χ3v) is 5.67. The average Bonchev–Trinajstić information content (AvgIpc) is 2.85. The highest BCUT2D eigenvalue weighted by atomic mass is 79.9. The zero-order valence-corrected chi connectivity index (χ0v) is 12.3. The van der Waals surface area contributed by atoms with Crippen molar-refractivity contribution in [2.24, 2.45) is 5.73 Å². The smallest absolute Gasteiger partial charge is 0.0501 e. The normalized spacial score (nSPS) is 21.6. The molecule has 0 amide bonds. The minimum atomic E-state index is 0.116. The summed E-state index contributed by atoms with van der Waals surface area (Å²) in [5, 5.41) is 4.30. The molecule has 1 unspecified atom stereocenters. The van der Waals surface area contributed by atoms with Crippen LogP contribution in [0.15, 0.2) is 15.2 Å². The fourth-order valence-electron chi connectivity index (χ4n) is 2.83. The predicted molar refractivity (Wildman–Crippen MR) is 73.8 cm³/mol. The van der Waals surface area contributed by atoms with E-state index >= 15 is 0 Å². The number of hydrogen-bond acceptors (Lipinski definition) is 3. The van der Waals surface area contributed by atoms with Crippen molar-refractivity contribution in [2.45, 2.75) is 37.3 Å². The lowest BCUT2D eigenvalue weighted by Gasteiger charge is -2.41. The summed E-state index contributed by atoms with van der Waals surface area (Å²) in [4.78, 5) is 2.33. The molecule has 0 aromatic carbocycles.